The molecule has 0 radical (unpaired) electrons. The van der Waals surface area contributed by atoms with Crippen molar-refractivity contribution in [2.24, 2.45) is 0 Å². The monoisotopic (exact) mass is 430 g/mol. The number of ether oxygens (including phenoxy) is 2. The maximum Gasteiger partial charge on any atom is 0.229 e. The molecule has 30 heavy (non-hydrogen) atoms. The summed E-state index contributed by atoms with van der Waals surface area (Å²) in [6.07, 6.45) is 0.994. The van der Waals surface area contributed by atoms with Crippen molar-refractivity contribution in [2.45, 2.75) is 30.9 Å². The zero-order valence-electron chi connectivity index (χ0n) is 17.3. The van der Waals surface area contributed by atoms with Crippen LogP contribution in [0.25, 0.3) is 0 Å². The van der Waals surface area contributed by atoms with Crippen LogP contribution in [-0.2, 0) is 27.8 Å². The highest BCUT2D eigenvalue weighted by Gasteiger charge is 2.32. The van der Waals surface area contributed by atoms with E-state index in [9.17, 15) is 8.42 Å². The molecule has 4 heterocycles. The van der Waals surface area contributed by atoms with Gasteiger partial charge in [-0.25, -0.2) is 13.4 Å². The molecule has 0 spiro atoms. The second-order valence-corrected chi connectivity index (χ2v) is 10.2. The van der Waals surface area contributed by atoms with Crippen molar-refractivity contribution in [3.05, 3.63) is 40.6 Å². The third-order valence-corrected chi connectivity index (χ3v) is 7.75. The molecule has 0 amide bonds. The van der Waals surface area contributed by atoms with Crippen molar-refractivity contribution in [3.8, 4) is 11.6 Å². The van der Waals surface area contributed by atoms with Crippen molar-refractivity contribution >= 4 is 15.8 Å². The Morgan fingerprint density at radius 1 is 1.13 bits per heavy atom. The van der Waals surface area contributed by atoms with Gasteiger partial charge in [0.2, 0.25) is 11.8 Å². The fraction of sp³-hybridized carbons (Fsp3) is 0.524. The van der Waals surface area contributed by atoms with E-state index in [1.54, 1.807) is 0 Å². The number of fused-ring (bicyclic) bond motifs is 2. The van der Waals surface area contributed by atoms with E-state index in [2.05, 4.69) is 44.9 Å². The Kier molecular flexibility index (Phi) is 4.82. The van der Waals surface area contributed by atoms with E-state index < -0.39 is 9.84 Å². The van der Waals surface area contributed by atoms with Gasteiger partial charge in [0.1, 0.15) is 5.75 Å². The minimum absolute atomic E-state index is 0.0361. The Morgan fingerprint density at radius 3 is 2.70 bits per heavy atom. The zero-order chi connectivity index (χ0) is 20.9. The average Bonchev–Trinajstić information content (AvgIpc) is 3.34. The Balaban J connectivity index is 1.29. The average molecular weight is 431 g/mol. The lowest BCUT2D eigenvalue weighted by Crippen LogP contribution is -2.47. The quantitative estimate of drug-likeness (QED) is 0.725. The number of piperazine rings is 1. The van der Waals surface area contributed by atoms with Gasteiger partial charge in [-0.3, -0.25) is 4.90 Å². The van der Waals surface area contributed by atoms with Crippen LogP contribution in [0.4, 0.5) is 5.95 Å². The second-order valence-electron chi connectivity index (χ2n) is 8.15. The Morgan fingerprint density at radius 2 is 1.93 bits per heavy atom. The van der Waals surface area contributed by atoms with E-state index in [4.69, 9.17) is 9.47 Å². The van der Waals surface area contributed by atoms with Crippen molar-refractivity contribution in [2.75, 3.05) is 44.8 Å². The van der Waals surface area contributed by atoms with E-state index >= 15 is 0 Å². The molecule has 5 rings (SSSR count). The largest absolute Gasteiger partial charge is 0.493 e. The predicted molar refractivity (Wildman–Crippen MR) is 113 cm³/mol. The first-order chi connectivity index (χ1) is 14.4. The van der Waals surface area contributed by atoms with E-state index in [0.717, 1.165) is 45.0 Å². The van der Waals surface area contributed by atoms with Gasteiger partial charge in [0, 0.05) is 38.6 Å². The number of aromatic nitrogens is 2. The molecule has 3 aliphatic rings. The maximum atomic E-state index is 12.0. The number of rotatable bonds is 4. The lowest BCUT2D eigenvalue weighted by molar-refractivity contribution is 0.197. The summed E-state index contributed by atoms with van der Waals surface area (Å²) in [6.45, 7) is 6.31. The minimum Gasteiger partial charge on any atom is -0.493 e. The summed E-state index contributed by atoms with van der Waals surface area (Å²) in [5, 5.41) is 0. The van der Waals surface area contributed by atoms with Crippen LogP contribution in [0.3, 0.4) is 0 Å². The molecule has 8 nitrogen and oxygen atoms in total. The van der Waals surface area contributed by atoms with Crippen LogP contribution in [0.2, 0.25) is 0 Å². The lowest BCUT2D eigenvalue weighted by atomic mass is 10.0. The molecule has 1 aromatic carbocycles. The number of hydrogen-bond donors (Lipinski definition) is 0. The van der Waals surface area contributed by atoms with Gasteiger partial charge in [-0.05, 0) is 24.1 Å². The molecule has 1 saturated heterocycles. The fourth-order valence-corrected chi connectivity index (χ4v) is 6.00. The lowest BCUT2D eigenvalue weighted by Gasteiger charge is -2.38. The molecule has 0 bridgehead atoms. The summed E-state index contributed by atoms with van der Waals surface area (Å²) in [7, 11) is -1.64. The first-order valence-electron chi connectivity index (χ1n) is 10.3. The SMILES string of the molecule is COc1nc(N2CCN(C(C)c3ccc4c(c3)OCC4)CC2)nc2c1CS(=O)(=O)C2. The molecule has 0 N–H and O–H groups in total. The first-order valence-corrected chi connectivity index (χ1v) is 12.1. The minimum atomic E-state index is -3.16. The van der Waals surface area contributed by atoms with Gasteiger partial charge in [-0.2, -0.15) is 4.98 Å². The van der Waals surface area contributed by atoms with Gasteiger partial charge in [-0.15, -0.1) is 0 Å². The number of methoxy groups -OCH3 is 1. The third kappa shape index (κ3) is 3.50. The van der Waals surface area contributed by atoms with Crippen molar-refractivity contribution in [1.29, 1.82) is 0 Å². The van der Waals surface area contributed by atoms with Gasteiger partial charge in [0.05, 0.1) is 36.5 Å². The van der Waals surface area contributed by atoms with Gasteiger partial charge in [0.15, 0.2) is 9.84 Å². The van der Waals surface area contributed by atoms with Gasteiger partial charge >= 0.3 is 0 Å². The van der Waals surface area contributed by atoms with E-state index in [-0.39, 0.29) is 11.5 Å². The fourth-order valence-electron chi connectivity index (χ4n) is 4.51. The standard InChI is InChI=1S/C21H26N4O4S/c1-14(16-4-3-15-5-10-29-19(15)11-16)24-6-8-25(9-7-24)21-22-18-13-30(26,27)12-17(18)20(23-21)28-2/h3-4,11,14H,5-10,12-13H2,1-2H3. The van der Waals surface area contributed by atoms with Crippen LogP contribution < -0.4 is 14.4 Å². The summed E-state index contributed by atoms with van der Waals surface area (Å²) in [4.78, 5) is 13.6. The number of nitrogens with zero attached hydrogens (tertiary/aromatic N) is 4. The van der Waals surface area contributed by atoms with Crippen LogP contribution in [0.5, 0.6) is 11.6 Å². The molecular formula is C21H26N4O4S. The molecular weight excluding hydrogens is 404 g/mol. The Bertz CT molecular complexity index is 1080. The molecule has 1 unspecified atom stereocenters. The Labute approximate surface area is 176 Å². The number of anilines is 1. The first kappa shape index (κ1) is 19.6. The maximum absolute atomic E-state index is 12.0. The van der Waals surface area contributed by atoms with E-state index in [1.807, 2.05) is 0 Å². The van der Waals surface area contributed by atoms with Crippen molar-refractivity contribution < 1.29 is 17.9 Å². The summed E-state index contributed by atoms with van der Waals surface area (Å²) >= 11 is 0. The van der Waals surface area contributed by atoms with Crippen LogP contribution >= 0.6 is 0 Å². The molecule has 3 aliphatic heterocycles. The summed E-state index contributed by atoms with van der Waals surface area (Å²) in [5.74, 6) is 1.88. The number of sulfone groups is 1. The Hall–Kier alpha value is -2.39. The van der Waals surface area contributed by atoms with E-state index in [0.29, 0.717) is 29.1 Å². The van der Waals surface area contributed by atoms with Crippen LogP contribution in [-0.4, -0.2) is 63.2 Å². The van der Waals surface area contributed by atoms with Gasteiger partial charge in [0.25, 0.3) is 0 Å². The predicted octanol–water partition coefficient (Wildman–Crippen LogP) is 1.73. The summed E-state index contributed by atoms with van der Waals surface area (Å²) < 4.78 is 35.1. The van der Waals surface area contributed by atoms with Crippen LogP contribution in [0.15, 0.2) is 18.2 Å². The van der Waals surface area contributed by atoms with Crippen LogP contribution in [0, 0.1) is 0 Å². The van der Waals surface area contributed by atoms with Crippen LogP contribution in [0.1, 0.15) is 35.3 Å². The third-order valence-electron chi connectivity index (χ3n) is 6.30. The smallest absolute Gasteiger partial charge is 0.229 e. The number of hydrogen-bond acceptors (Lipinski definition) is 8. The molecule has 2 aromatic rings. The summed E-state index contributed by atoms with van der Waals surface area (Å²) in [6, 6.07) is 6.86. The second kappa shape index (κ2) is 7.39. The highest BCUT2D eigenvalue weighted by atomic mass is 32.2. The normalized spacial score (nSPS) is 21.1. The number of benzene rings is 1. The molecule has 1 fully saturated rings. The molecule has 160 valence electrons. The molecule has 1 aromatic heterocycles. The molecule has 0 aliphatic carbocycles. The highest BCUT2D eigenvalue weighted by Crippen LogP contribution is 2.33. The topological polar surface area (TPSA) is 84.9 Å². The van der Waals surface area contributed by atoms with Crippen molar-refractivity contribution in [1.82, 2.24) is 14.9 Å². The zero-order valence-corrected chi connectivity index (χ0v) is 18.1. The molecule has 1 atom stereocenters. The van der Waals surface area contributed by atoms with E-state index in [1.165, 1.54) is 18.2 Å². The molecule has 9 heteroatoms. The highest BCUT2D eigenvalue weighted by molar-refractivity contribution is 7.90. The summed E-state index contributed by atoms with van der Waals surface area (Å²) in [5.41, 5.74) is 3.74. The molecule has 0 saturated carbocycles. The van der Waals surface area contributed by atoms with Gasteiger partial charge < -0.3 is 14.4 Å². The van der Waals surface area contributed by atoms with Crippen molar-refractivity contribution in [3.63, 3.8) is 0 Å². The van der Waals surface area contributed by atoms with Gasteiger partial charge in [-0.1, -0.05) is 12.1 Å².